The molecule has 0 unspecified atom stereocenters. The summed E-state index contributed by atoms with van der Waals surface area (Å²) >= 11 is 25.1. The van der Waals surface area contributed by atoms with Gasteiger partial charge in [-0.25, -0.2) is 14.3 Å². The van der Waals surface area contributed by atoms with Crippen LogP contribution in [0.1, 0.15) is 36.9 Å². The van der Waals surface area contributed by atoms with E-state index in [4.69, 9.17) is 55.6 Å². The van der Waals surface area contributed by atoms with E-state index in [0.717, 1.165) is 0 Å². The number of methoxy groups -OCH3 is 1. The maximum Gasteiger partial charge on any atom is 0.423 e. The number of rotatable bonds is 7. The van der Waals surface area contributed by atoms with Gasteiger partial charge in [0, 0.05) is 44.3 Å². The van der Waals surface area contributed by atoms with Crippen LogP contribution in [0.3, 0.4) is 0 Å². The molecule has 2 heterocycles. The van der Waals surface area contributed by atoms with Crippen molar-refractivity contribution in [3.63, 3.8) is 0 Å². The Morgan fingerprint density at radius 3 is 1.97 bits per heavy atom. The number of nitrogens with one attached hydrogen (secondary N) is 1. The Morgan fingerprint density at radius 1 is 0.947 bits per heavy atom. The van der Waals surface area contributed by atoms with Gasteiger partial charge in [-0.05, 0) is 61.4 Å². The second-order valence-corrected chi connectivity index (χ2v) is 10.3. The van der Waals surface area contributed by atoms with Crippen LogP contribution in [0.4, 0.5) is 0 Å². The minimum absolute atomic E-state index is 0.0991. The maximum absolute atomic E-state index is 13.4. The second-order valence-electron chi connectivity index (χ2n) is 8.59. The van der Waals surface area contributed by atoms with Gasteiger partial charge in [0.25, 0.3) is 5.56 Å². The summed E-state index contributed by atoms with van der Waals surface area (Å²) in [6.07, 6.45) is 1.34. The third-order valence-corrected chi connectivity index (χ3v) is 6.89. The molecule has 0 saturated heterocycles. The predicted octanol–water partition coefficient (Wildman–Crippen LogP) is 5.87. The van der Waals surface area contributed by atoms with E-state index in [1.54, 1.807) is 43.3 Å². The highest BCUT2D eigenvalue weighted by Gasteiger charge is 2.29. The van der Waals surface area contributed by atoms with Crippen LogP contribution in [0.25, 0.3) is 11.1 Å². The number of hydrogen-bond acceptors (Lipinski definition) is 6. The van der Waals surface area contributed by atoms with E-state index in [0.29, 0.717) is 35.8 Å². The quantitative estimate of drug-likeness (QED) is 0.286. The van der Waals surface area contributed by atoms with Crippen LogP contribution >= 0.6 is 46.4 Å². The zero-order chi connectivity index (χ0) is 27.7. The molecule has 1 N–H and O–H groups in total. The van der Waals surface area contributed by atoms with Crippen LogP contribution in [0.5, 0.6) is 5.75 Å². The number of hydrogen-bond donors (Lipinski definition) is 1. The van der Waals surface area contributed by atoms with Crippen LogP contribution in [0, 0.1) is 0 Å². The zero-order valence-electron chi connectivity index (χ0n) is 20.3. The Hall–Kier alpha value is -3.04. The normalized spacial score (nSPS) is 12.9. The lowest BCUT2D eigenvalue weighted by Crippen LogP contribution is -2.46. The molecule has 0 aliphatic rings. The predicted molar refractivity (Wildman–Crippen MR) is 148 cm³/mol. The summed E-state index contributed by atoms with van der Waals surface area (Å²) in [5.41, 5.74) is 0.361. The molecule has 4 aromatic rings. The first-order valence-corrected chi connectivity index (χ1v) is 12.8. The van der Waals surface area contributed by atoms with Crippen LogP contribution in [0.15, 0.2) is 62.7 Å². The third kappa shape index (κ3) is 5.68. The number of pyridine rings is 1. The molecule has 8 nitrogen and oxygen atoms in total. The van der Waals surface area contributed by atoms with Crippen molar-refractivity contribution < 1.29 is 13.9 Å². The van der Waals surface area contributed by atoms with Crippen molar-refractivity contribution in [1.82, 2.24) is 14.9 Å². The van der Waals surface area contributed by atoms with Crippen molar-refractivity contribution in [3.05, 3.63) is 101 Å². The highest BCUT2D eigenvalue weighted by molar-refractivity contribution is 6.35. The molecule has 2 atom stereocenters. The Morgan fingerprint density at radius 2 is 1.47 bits per heavy atom. The highest BCUT2D eigenvalue weighted by atomic mass is 35.5. The van der Waals surface area contributed by atoms with Crippen molar-refractivity contribution >= 4 is 63.4 Å². The van der Waals surface area contributed by atoms with Crippen LogP contribution < -0.4 is 21.4 Å². The van der Waals surface area contributed by atoms with Crippen molar-refractivity contribution in [2.45, 2.75) is 31.8 Å². The summed E-state index contributed by atoms with van der Waals surface area (Å²) in [7, 11) is 1.37. The van der Waals surface area contributed by atoms with Crippen LogP contribution in [-0.2, 0) is 4.79 Å². The van der Waals surface area contributed by atoms with Gasteiger partial charge in [-0.3, -0.25) is 9.59 Å². The fourth-order valence-corrected chi connectivity index (χ4v) is 5.42. The van der Waals surface area contributed by atoms with E-state index in [2.05, 4.69) is 10.3 Å². The van der Waals surface area contributed by atoms with Crippen molar-refractivity contribution in [1.29, 1.82) is 0 Å². The molecule has 2 aromatic heterocycles. The summed E-state index contributed by atoms with van der Waals surface area (Å²) < 4.78 is 11.1. The van der Waals surface area contributed by atoms with Gasteiger partial charge >= 0.3 is 5.76 Å². The summed E-state index contributed by atoms with van der Waals surface area (Å²) in [6.45, 7) is 3.17. The van der Waals surface area contributed by atoms with Gasteiger partial charge in [0.05, 0.1) is 7.11 Å². The van der Waals surface area contributed by atoms with E-state index < -0.39 is 35.2 Å². The molecule has 12 heteroatoms. The molecule has 0 bridgehead atoms. The van der Waals surface area contributed by atoms with E-state index in [1.165, 1.54) is 26.3 Å². The standard InChI is InChI=1S/C26H21Cl4N3O5/c1-12(21(14-6-16(27)10-17(28)7-14)15-8-18(29)11-19(30)9-15)32-24(34)13(2)33-25(35)22-23(38-26(33)36)20(37-3)4-5-31-22/h4-13,21H,1-3H3,(H,32,34)/t12-,13-/m0/s1. The molecular formula is C26H21Cl4N3O5. The van der Waals surface area contributed by atoms with Crippen LogP contribution in [0.2, 0.25) is 20.1 Å². The number of nitrogens with zero attached hydrogens (tertiary/aromatic N) is 2. The van der Waals surface area contributed by atoms with Gasteiger partial charge in [-0.2, -0.15) is 0 Å². The zero-order valence-corrected chi connectivity index (χ0v) is 23.3. The maximum atomic E-state index is 13.4. The molecular weight excluding hydrogens is 576 g/mol. The smallest absolute Gasteiger partial charge is 0.423 e. The molecule has 0 aliphatic carbocycles. The third-order valence-electron chi connectivity index (χ3n) is 6.02. The number of amides is 1. The SMILES string of the molecule is COc1ccnc2c(=O)n([C@@H](C)C(=O)N[C@@H](C)C(c3cc(Cl)cc(Cl)c3)c3cc(Cl)cc(Cl)c3)c(=O)oc12. The molecule has 0 fully saturated rings. The first-order chi connectivity index (χ1) is 18.0. The Bertz CT molecular complexity index is 1560. The molecule has 1 amide bonds. The largest absolute Gasteiger partial charge is 0.493 e. The summed E-state index contributed by atoms with van der Waals surface area (Å²) in [5, 5.41) is 4.50. The molecule has 0 radical (unpaired) electrons. The fraction of sp³-hybridized carbons (Fsp3) is 0.231. The lowest BCUT2D eigenvalue weighted by Gasteiger charge is -2.28. The average molecular weight is 597 g/mol. The first kappa shape index (κ1) is 28.0. The number of ether oxygens (including phenoxy) is 1. The average Bonchev–Trinajstić information content (AvgIpc) is 2.82. The van der Waals surface area contributed by atoms with Gasteiger partial charge in [0.2, 0.25) is 11.5 Å². The number of halogens is 4. The van der Waals surface area contributed by atoms with Gasteiger partial charge in [0.1, 0.15) is 6.04 Å². The molecule has 4 rings (SSSR count). The lowest BCUT2D eigenvalue weighted by atomic mass is 9.85. The Balaban J connectivity index is 1.72. The summed E-state index contributed by atoms with van der Waals surface area (Å²) in [6, 6.07) is 9.71. The van der Waals surface area contributed by atoms with Gasteiger partial charge < -0.3 is 14.5 Å². The van der Waals surface area contributed by atoms with E-state index >= 15 is 0 Å². The molecule has 0 spiro atoms. The van der Waals surface area contributed by atoms with Crippen molar-refractivity contribution in [2.75, 3.05) is 7.11 Å². The summed E-state index contributed by atoms with van der Waals surface area (Å²) in [4.78, 5) is 43.2. The molecule has 0 aliphatic heterocycles. The van der Waals surface area contributed by atoms with E-state index in [-0.39, 0.29) is 16.8 Å². The summed E-state index contributed by atoms with van der Waals surface area (Å²) in [5.74, 6) is -1.95. The van der Waals surface area contributed by atoms with E-state index in [1.807, 2.05) is 0 Å². The molecule has 38 heavy (non-hydrogen) atoms. The van der Waals surface area contributed by atoms with E-state index in [9.17, 15) is 14.4 Å². The van der Waals surface area contributed by atoms with Gasteiger partial charge in [0.15, 0.2) is 11.3 Å². The molecule has 198 valence electrons. The minimum Gasteiger partial charge on any atom is -0.493 e. The van der Waals surface area contributed by atoms with Gasteiger partial charge in [-0.1, -0.05) is 46.4 Å². The number of fused-ring (bicyclic) bond motifs is 1. The Labute approximate surface area is 237 Å². The number of carbonyl (C=O) groups is 1. The number of aromatic nitrogens is 2. The lowest BCUT2D eigenvalue weighted by molar-refractivity contribution is -0.124. The topological polar surface area (TPSA) is 103 Å². The Kier molecular flexibility index (Phi) is 8.37. The van der Waals surface area contributed by atoms with Crippen molar-refractivity contribution in [2.24, 2.45) is 0 Å². The van der Waals surface area contributed by atoms with Crippen molar-refractivity contribution in [3.8, 4) is 5.75 Å². The number of carbonyl (C=O) groups excluding carboxylic acids is 1. The highest BCUT2D eigenvalue weighted by Crippen LogP contribution is 2.35. The second kappa shape index (κ2) is 11.4. The molecule has 0 saturated carbocycles. The first-order valence-electron chi connectivity index (χ1n) is 11.3. The fourth-order valence-electron chi connectivity index (χ4n) is 4.33. The van der Waals surface area contributed by atoms with Gasteiger partial charge in [-0.15, -0.1) is 0 Å². The number of benzene rings is 2. The molecule has 2 aromatic carbocycles. The minimum atomic E-state index is -1.23. The monoisotopic (exact) mass is 595 g/mol. The van der Waals surface area contributed by atoms with Crippen LogP contribution in [-0.4, -0.2) is 28.6 Å².